The molecule has 1 aromatic carbocycles. The summed E-state index contributed by atoms with van der Waals surface area (Å²) in [6.07, 6.45) is 4.31. The van der Waals surface area contributed by atoms with Gasteiger partial charge in [0.1, 0.15) is 0 Å². The first-order chi connectivity index (χ1) is 8.56. The van der Waals surface area contributed by atoms with Crippen LogP contribution >= 0.6 is 0 Å². The molecule has 0 bridgehead atoms. The summed E-state index contributed by atoms with van der Waals surface area (Å²) in [6, 6.07) is 6.36. The summed E-state index contributed by atoms with van der Waals surface area (Å²) in [6.45, 7) is 6.16. The molecule has 0 aliphatic rings. The predicted molar refractivity (Wildman–Crippen MR) is 73.3 cm³/mol. The summed E-state index contributed by atoms with van der Waals surface area (Å²) < 4.78 is 0. The Balaban J connectivity index is 2.13. The van der Waals surface area contributed by atoms with Crippen molar-refractivity contribution in [2.45, 2.75) is 33.2 Å². The van der Waals surface area contributed by atoms with E-state index >= 15 is 0 Å². The molecule has 0 fully saturated rings. The number of rotatable bonds is 3. The number of aromatic nitrogens is 2. The molecule has 3 nitrogen and oxygen atoms in total. The number of hydrogen-bond donors (Lipinski definition) is 1. The lowest BCUT2D eigenvalue weighted by Gasteiger charge is -2.12. The Morgan fingerprint density at radius 3 is 2.44 bits per heavy atom. The Labute approximate surface area is 108 Å². The summed E-state index contributed by atoms with van der Waals surface area (Å²) in [4.78, 5) is 8.56. The van der Waals surface area contributed by atoms with Crippen molar-refractivity contribution < 1.29 is 0 Å². The quantitative estimate of drug-likeness (QED) is 0.898. The van der Waals surface area contributed by atoms with Gasteiger partial charge in [-0.1, -0.05) is 18.2 Å². The number of nitrogens with zero attached hydrogens (tertiary/aromatic N) is 2. The average Bonchev–Trinajstić information content (AvgIpc) is 2.34. The molecular weight excluding hydrogens is 222 g/mol. The Bertz CT molecular complexity index is 532. The first-order valence-electron chi connectivity index (χ1n) is 6.16. The second-order valence-electron chi connectivity index (χ2n) is 4.81. The molecule has 2 rings (SSSR count). The molecule has 2 aromatic rings. The zero-order valence-corrected chi connectivity index (χ0v) is 11.1. The van der Waals surface area contributed by atoms with Crippen LogP contribution in [0.2, 0.25) is 0 Å². The second-order valence-corrected chi connectivity index (χ2v) is 4.81. The fourth-order valence-electron chi connectivity index (χ4n) is 1.88. The third-order valence-electron chi connectivity index (χ3n) is 3.21. The van der Waals surface area contributed by atoms with Crippen LogP contribution in [0.25, 0.3) is 0 Å². The zero-order chi connectivity index (χ0) is 13.1. The van der Waals surface area contributed by atoms with Gasteiger partial charge in [0.15, 0.2) is 0 Å². The Morgan fingerprint density at radius 2 is 1.83 bits per heavy atom. The molecule has 0 amide bonds. The van der Waals surface area contributed by atoms with Crippen molar-refractivity contribution >= 4 is 0 Å². The third-order valence-corrected chi connectivity index (χ3v) is 3.21. The maximum atomic E-state index is 6.16. The van der Waals surface area contributed by atoms with E-state index in [2.05, 4.69) is 42.0 Å². The molecule has 1 heterocycles. The largest absolute Gasteiger partial charge is 0.322 e. The minimum atomic E-state index is -0.0970. The van der Waals surface area contributed by atoms with Crippen LogP contribution in [0.5, 0.6) is 0 Å². The second kappa shape index (κ2) is 5.27. The lowest BCUT2D eigenvalue weighted by atomic mass is 10.00. The Morgan fingerprint density at radius 1 is 1.06 bits per heavy atom. The maximum absolute atomic E-state index is 6.16. The summed E-state index contributed by atoms with van der Waals surface area (Å²) in [5, 5.41) is 0. The molecule has 0 aliphatic carbocycles. The van der Waals surface area contributed by atoms with Crippen molar-refractivity contribution in [3.63, 3.8) is 0 Å². The molecular formula is C15H19N3. The van der Waals surface area contributed by atoms with Gasteiger partial charge in [-0.2, -0.15) is 0 Å². The predicted octanol–water partition coefficient (Wildman–Crippen LogP) is 2.64. The molecule has 0 spiro atoms. The standard InChI is InChI=1S/C15H19N3/c1-10-4-5-13(6-11(10)2)7-14(16)15-9-17-12(3)8-18-15/h4-6,8-9,14H,7,16H2,1-3H3. The van der Waals surface area contributed by atoms with E-state index in [-0.39, 0.29) is 6.04 Å². The SMILES string of the molecule is Cc1cnc(C(N)Cc2ccc(C)c(C)c2)cn1. The van der Waals surface area contributed by atoms with E-state index in [1.165, 1.54) is 16.7 Å². The van der Waals surface area contributed by atoms with E-state index in [0.717, 1.165) is 17.8 Å². The van der Waals surface area contributed by atoms with Crippen LogP contribution in [0.15, 0.2) is 30.6 Å². The van der Waals surface area contributed by atoms with Crippen LogP contribution in [-0.4, -0.2) is 9.97 Å². The van der Waals surface area contributed by atoms with E-state index < -0.39 is 0 Å². The number of benzene rings is 1. The lowest BCUT2D eigenvalue weighted by molar-refractivity contribution is 0.689. The molecule has 0 aliphatic heterocycles. The summed E-state index contributed by atoms with van der Waals surface area (Å²) in [5.41, 5.74) is 11.8. The normalized spacial score (nSPS) is 12.4. The lowest BCUT2D eigenvalue weighted by Crippen LogP contribution is -2.15. The molecule has 18 heavy (non-hydrogen) atoms. The fraction of sp³-hybridized carbons (Fsp3) is 0.333. The number of nitrogens with two attached hydrogens (primary N) is 1. The van der Waals surface area contributed by atoms with E-state index in [1.807, 2.05) is 6.92 Å². The molecule has 0 saturated carbocycles. The van der Waals surface area contributed by atoms with Crippen LogP contribution in [0.3, 0.4) is 0 Å². The molecule has 2 N–H and O–H groups in total. The van der Waals surface area contributed by atoms with E-state index in [0.29, 0.717) is 0 Å². The van der Waals surface area contributed by atoms with Crippen LogP contribution in [0.4, 0.5) is 0 Å². The molecule has 3 heteroatoms. The highest BCUT2D eigenvalue weighted by Gasteiger charge is 2.09. The van der Waals surface area contributed by atoms with Gasteiger partial charge in [0, 0.05) is 6.20 Å². The van der Waals surface area contributed by atoms with Crippen molar-refractivity contribution in [3.05, 3.63) is 58.7 Å². The number of hydrogen-bond acceptors (Lipinski definition) is 3. The van der Waals surface area contributed by atoms with Gasteiger partial charge in [0.05, 0.1) is 23.6 Å². The minimum Gasteiger partial charge on any atom is -0.322 e. The highest BCUT2D eigenvalue weighted by atomic mass is 14.8. The molecule has 1 unspecified atom stereocenters. The van der Waals surface area contributed by atoms with Gasteiger partial charge in [0.25, 0.3) is 0 Å². The monoisotopic (exact) mass is 241 g/mol. The van der Waals surface area contributed by atoms with Crippen LogP contribution < -0.4 is 5.73 Å². The van der Waals surface area contributed by atoms with E-state index in [9.17, 15) is 0 Å². The summed E-state index contributed by atoms with van der Waals surface area (Å²) in [7, 11) is 0. The maximum Gasteiger partial charge on any atom is 0.0757 e. The minimum absolute atomic E-state index is 0.0970. The van der Waals surface area contributed by atoms with E-state index in [1.54, 1.807) is 12.4 Å². The molecule has 0 saturated heterocycles. The van der Waals surface area contributed by atoms with Gasteiger partial charge >= 0.3 is 0 Å². The molecule has 0 radical (unpaired) electrons. The highest BCUT2D eigenvalue weighted by Crippen LogP contribution is 2.16. The highest BCUT2D eigenvalue weighted by molar-refractivity contribution is 5.30. The van der Waals surface area contributed by atoms with Gasteiger partial charge in [-0.15, -0.1) is 0 Å². The van der Waals surface area contributed by atoms with Crippen molar-refractivity contribution in [2.75, 3.05) is 0 Å². The first-order valence-corrected chi connectivity index (χ1v) is 6.16. The fourth-order valence-corrected chi connectivity index (χ4v) is 1.88. The van der Waals surface area contributed by atoms with Gasteiger partial charge < -0.3 is 5.73 Å². The molecule has 1 aromatic heterocycles. The van der Waals surface area contributed by atoms with Gasteiger partial charge in [-0.3, -0.25) is 9.97 Å². The average molecular weight is 241 g/mol. The van der Waals surface area contributed by atoms with Crippen molar-refractivity contribution in [1.82, 2.24) is 9.97 Å². The topological polar surface area (TPSA) is 51.8 Å². The summed E-state index contributed by atoms with van der Waals surface area (Å²) in [5.74, 6) is 0. The van der Waals surface area contributed by atoms with Crippen LogP contribution in [-0.2, 0) is 6.42 Å². The van der Waals surface area contributed by atoms with Crippen LogP contribution in [0, 0.1) is 20.8 Å². The van der Waals surface area contributed by atoms with Crippen molar-refractivity contribution in [3.8, 4) is 0 Å². The van der Waals surface area contributed by atoms with Crippen molar-refractivity contribution in [1.29, 1.82) is 0 Å². The Hall–Kier alpha value is -1.74. The third kappa shape index (κ3) is 2.93. The van der Waals surface area contributed by atoms with Gasteiger partial charge in [-0.25, -0.2) is 0 Å². The zero-order valence-electron chi connectivity index (χ0n) is 11.1. The van der Waals surface area contributed by atoms with Crippen molar-refractivity contribution in [2.24, 2.45) is 5.73 Å². The molecule has 1 atom stereocenters. The number of aryl methyl sites for hydroxylation is 3. The Kier molecular flexibility index (Phi) is 3.72. The van der Waals surface area contributed by atoms with E-state index in [4.69, 9.17) is 5.73 Å². The smallest absolute Gasteiger partial charge is 0.0757 e. The molecule has 94 valence electrons. The van der Waals surface area contributed by atoms with Gasteiger partial charge in [0.2, 0.25) is 0 Å². The summed E-state index contributed by atoms with van der Waals surface area (Å²) >= 11 is 0. The van der Waals surface area contributed by atoms with Crippen LogP contribution in [0.1, 0.15) is 34.1 Å². The first kappa shape index (κ1) is 12.7. The van der Waals surface area contributed by atoms with Gasteiger partial charge in [-0.05, 0) is 43.9 Å².